The molecule has 0 spiro atoms. The fourth-order valence-corrected chi connectivity index (χ4v) is 3.05. The molecule has 0 aliphatic carbocycles. The minimum atomic E-state index is -0.621. The van der Waals surface area contributed by atoms with Gasteiger partial charge >= 0.3 is 6.09 Å². The summed E-state index contributed by atoms with van der Waals surface area (Å²) in [4.78, 5) is 26.6. The van der Waals surface area contributed by atoms with E-state index in [0.29, 0.717) is 18.5 Å². The lowest BCUT2D eigenvalue weighted by molar-refractivity contribution is -0.123. The van der Waals surface area contributed by atoms with Crippen LogP contribution >= 0.6 is 0 Å². The highest BCUT2D eigenvalue weighted by Crippen LogP contribution is 2.21. The Hall–Kier alpha value is -1.30. The Morgan fingerprint density at radius 1 is 1.16 bits per heavy atom. The number of carbonyl (C=O) groups excluding carboxylic acids is 2. The maximum atomic E-state index is 12.3. The molecule has 2 atom stereocenters. The fraction of sp³-hybridized carbons (Fsp3) is 0.895. The van der Waals surface area contributed by atoms with Crippen molar-refractivity contribution in [1.29, 1.82) is 0 Å². The third-order valence-electron chi connectivity index (χ3n) is 4.67. The molecule has 1 heterocycles. The van der Waals surface area contributed by atoms with Crippen molar-refractivity contribution >= 4 is 12.0 Å². The second-order valence-corrected chi connectivity index (χ2v) is 8.64. The van der Waals surface area contributed by atoms with Crippen LogP contribution < -0.4 is 10.6 Å². The number of ether oxygens (including phenoxy) is 1. The van der Waals surface area contributed by atoms with Gasteiger partial charge in [0, 0.05) is 12.6 Å². The van der Waals surface area contributed by atoms with Gasteiger partial charge in [0.25, 0.3) is 0 Å². The topological polar surface area (TPSA) is 70.7 Å². The van der Waals surface area contributed by atoms with Crippen molar-refractivity contribution < 1.29 is 14.3 Å². The highest BCUT2D eigenvalue weighted by atomic mass is 16.6. The number of hydrogen-bond acceptors (Lipinski definition) is 4. The number of piperidine rings is 1. The van der Waals surface area contributed by atoms with Gasteiger partial charge in [-0.3, -0.25) is 9.69 Å². The maximum absolute atomic E-state index is 12.3. The zero-order valence-electron chi connectivity index (χ0n) is 17.0. The van der Waals surface area contributed by atoms with Gasteiger partial charge in [-0.1, -0.05) is 20.8 Å². The summed E-state index contributed by atoms with van der Waals surface area (Å²) in [6.45, 7) is 16.5. The van der Waals surface area contributed by atoms with E-state index in [9.17, 15) is 9.59 Å². The number of nitrogens with one attached hydrogen (secondary N) is 2. The van der Waals surface area contributed by atoms with Gasteiger partial charge < -0.3 is 15.4 Å². The monoisotopic (exact) mass is 355 g/mol. The molecule has 1 saturated heterocycles. The van der Waals surface area contributed by atoms with E-state index < -0.39 is 17.7 Å². The molecule has 0 saturated carbocycles. The minimum Gasteiger partial charge on any atom is -0.444 e. The van der Waals surface area contributed by atoms with E-state index in [0.717, 1.165) is 19.0 Å². The highest BCUT2D eigenvalue weighted by molar-refractivity contribution is 5.85. The molecule has 25 heavy (non-hydrogen) atoms. The Morgan fingerprint density at radius 3 is 2.20 bits per heavy atom. The molecule has 0 aromatic heterocycles. The third-order valence-corrected chi connectivity index (χ3v) is 4.67. The molecule has 1 aliphatic rings. The van der Waals surface area contributed by atoms with Crippen molar-refractivity contribution in [3.05, 3.63) is 0 Å². The summed E-state index contributed by atoms with van der Waals surface area (Å²) in [5.74, 6) is 1.07. The molecule has 0 bridgehead atoms. The smallest absolute Gasteiger partial charge is 0.408 e. The van der Waals surface area contributed by atoms with Crippen LogP contribution in [0.15, 0.2) is 0 Å². The minimum absolute atomic E-state index is 0.179. The molecule has 1 fully saturated rings. The Labute approximate surface area is 153 Å². The van der Waals surface area contributed by atoms with Gasteiger partial charge in [-0.05, 0) is 65.5 Å². The van der Waals surface area contributed by atoms with E-state index >= 15 is 0 Å². The lowest BCUT2D eigenvalue weighted by Gasteiger charge is -2.39. The molecule has 2 N–H and O–H groups in total. The second-order valence-electron chi connectivity index (χ2n) is 8.64. The number of amides is 2. The molecule has 6 heteroatoms. The Morgan fingerprint density at radius 2 is 1.72 bits per heavy atom. The predicted molar refractivity (Wildman–Crippen MR) is 100 cm³/mol. The van der Waals surface area contributed by atoms with Crippen LogP contribution in [-0.2, 0) is 9.53 Å². The molecular formula is C19H37N3O3. The Bertz CT molecular complexity index is 438. The number of hydrogen-bond donors (Lipinski definition) is 2. The van der Waals surface area contributed by atoms with Crippen LogP contribution in [0.25, 0.3) is 0 Å². The van der Waals surface area contributed by atoms with Crippen LogP contribution in [0.2, 0.25) is 0 Å². The molecule has 6 nitrogen and oxygen atoms in total. The summed E-state index contributed by atoms with van der Waals surface area (Å²) < 4.78 is 5.19. The van der Waals surface area contributed by atoms with Crippen molar-refractivity contribution in [2.75, 3.05) is 19.6 Å². The van der Waals surface area contributed by atoms with Crippen LogP contribution in [-0.4, -0.2) is 54.2 Å². The van der Waals surface area contributed by atoms with Gasteiger partial charge in [-0.2, -0.15) is 0 Å². The predicted octanol–water partition coefficient (Wildman–Crippen LogP) is 2.77. The second kappa shape index (κ2) is 9.41. The zero-order chi connectivity index (χ0) is 19.2. The molecule has 1 rings (SSSR count). The van der Waals surface area contributed by atoms with Gasteiger partial charge in [-0.15, -0.1) is 0 Å². The molecule has 0 aromatic carbocycles. The fourth-order valence-electron chi connectivity index (χ4n) is 3.05. The third kappa shape index (κ3) is 8.08. The first-order valence-electron chi connectivity index (χ1n) is 9.51. The van der Waals surface area contributed by atoms with E-state index in [-0.39, 0.29) is 5.91 Å². The van der Waals surface area contributed by atoms with E-state index in [1.807, 2.05) is 0 Å². The number of rotatable bonds is 6. The number of likely N-dealkylation sites (tertiary alicyclic amines) is 1. The molecule has 2 amide bonds. The zero-order valence-corrected chi connectivity index (χ0v) is 17.0. The van der Waals surface area contributed by atoms with Crippen LogP contribution in [0.4, 0.5) is 4.79 Å². The van der Waals surface area contributed by atoms with Crippen LogP contribution in [0, 0.1) is 11.8 Å². The summed E-state index contributed by atoms with van der Waals surface area (Å²) in [5.41, 5.74) is -0.575. The Balaban J connectivity index is 2.47. The van der Waals surface area contributed by atoms with Gasteiger partial charge in [0.15, 0.2) is 0 Å². The average molecular weight is 356 g/mol. The molecular weight excluding hydrogens is 318 g/mol. The van der Waals surface area contributed by atoms with Crippen LogP contribution in [0.3, 0.4) is 0 Å². The number of nitrogens with zero attached hydrogens (tertiary/aromatic N) is 1. The molecule has 0 radical (unpaired) electrons. The summed E-state index contributed by atoms with van der Waals surface area (Å²) in [7, 11) is 0. The standard InChI is InChI=1S/C19H37N3O3/c1-13(2)16(22-10-8-14(3)9-11-22)12-20-17(23)15(4)21-18(24)25-19(5,6)7/h13-16H,8-12H2,1-7H3,(H,20,23)(H,21,24)/t15-,16?/m1/s1. The van der Waals surface area contributed by atoms with Crippen molar-refractivity contribution in [3.63, 3.8) is 0 Å². The van der Waals surface area contributed by atoms with Crippen molar-refractivity contribution in [2.24, 2.45) is 11.8 Å². The summed E-state index contributed by atoms with van der Waals surface area (Å²) in [6.07, 6.45) is 1.86. The van der Waals surface area contributed by atoms with E-state index in [1.165, 1.54) is 12.8 Å². The first-order valence-corrected chi connectivity index (χ1v) is 9.51. The van der Waals surface area contributed by atoms with E-state index in [2.05, 4.69) is 36.3 Å². The number of carbonyl (C=O) groups is 2. The van der Waals surface area contributed by atoms with Crippen LogP contribution in [0.5, 0.6) is 0 Å². The average Bonchev–Trinajstić information content (AvgIpc) is 2.46. The first kappa shape index (κ1) is 21.7. The Kier molecular flexibility index (Phi) is 8.19. The van der Waals surface area contributed by atoms with Gasteiger partial charge in [0.2, 0.25) is 5.91 Å². The summed E-state index contributed by atoms with van der Waals surface area (Å²) in [6, 6.07) is -0.297. The normalized spacial score (nSPS) is 19.4. The van der Waals surface area contributed by atoms with E-state index in [1.54, 1.807) is 27.7 Å². The van der Waals surface area contributed by atoms with Gasteiger partial charge in [0.1, 0.15) is 11.6 Å². The quantitative estimate of drug-likeness (QED) is 0.768. The number of alkyl carbamates (subject to hydrolysis) is 1. The van der Waals surface area contributed by atoms with Crippen molar-refractivity contribution in [2.45, 2.75) is 79.0 Å². The highest BCUT2D eigenvalue weighted by Gasteiger charge is 2.27. The SMILES string of the molecule is CC1CCN(C(CNC(=O)[C@@H](C)NC(=O)OC(C)(C)C)C(C)C)CC1. The molecule has 1 unspecified atom stereocenters. The summed E-state index contributed by atoms with van der Waals surface area (Å²) in [5, 5.41) is 5.58. The largest absolute Gasteiger partial charge is 0.444 e. The van der Waals surface area contributed by atoms with Crippen LogP contribution in [0.1, 0.15) is 61.3 Å². The van der Waals surface area contributed by atoms with E-state index in [4.69, 9.17) is 4.74 Å². The maximum Gasteiger partial charge on any atom is 0.408 e. The van der Waals surface area contributed by atoms with Crippen molar-refractivity contribution in [3.8, 4) is 0 Å². The summed E-state index contributed by atoms with van der Waals surface area (Å²) >= 11 is 0. The van der Waals surface area contributed by atoms with Crippen molar-refractivity contribution in [1.82, 2.24) is 15.5 Å². The first-order chi connectivity index (χ1) is 11.5. The molecule has 0 aromatic rings. The van der Waals surface area contributed by atoms with Gasteiger partial charge in [0.05, 0.1) is 0 Å². The van der Waals surface area contributed by atoms with Gasteiger partial charge in [-0.25, -0.2) is 4.79 Å². The molecule has 146 valence electrons. The lowest BCUT2D eigenvalue weighted by Crippen LogP contribution is -2.53. The molecule has 1 aliphatic heterocycles. The lowest BCUT2D eigenvalue weighted by atomic mass is 9.94.